The number of methoxy groups -OCH3 is 1. The van der Waals surface area contributed by atoms with E-state index < -0.39 is 5.97 Å². The fourth-order valence-corrected chi connectivity index (χ4v) is 2.54. The van der Waals surface area contributed by atoms with E-state index in [1.54, 1.807) is 42.7 Å². The van der Waals surface area contributed by atoms with Gasteiger partial charge in [0.2, 0.25) is 0 Å². The number of carboxylic acids is 1. The molecule has 0 aliphatic carbocycles. The minimum atomic E-state index is -0.925. The van der Waals surface area contributed by atoms with Crippen molar-refractivity contribution in [2.24, 2.45) is 0 Å². The van der Waals surface area contributed by atoms with Gasteiger partial charge in [-0.3, -0.25) is 9.78 Å². The highest BCUT2D eigenvalue weighted by atomic mass is 16.5. The lowest BCUT2D eigenvalue weighted by atomic mass is 10.1. The lowest BCUT2D eigenvalue weighted by Gasteiger charge is -2.12. The highest BCUT2D eigenvalue weighted by Crippen LogP contribution is 2.32. The lowest BCUT2D eigenvalue weighted by molar-refractivity contribution is -0.136. The summed E-state index contributed by atoms with van der Waals surface area (Å²) in [6.45, 7) is 2.45. The molecule has 0 atom stereocenters. The van der Waals surface area contributed by atoms with Crippen molar-refractivity contribution in [3.8, 4) is 23.0 Å². The summed E-state index contributed by atoms with van der Waals surface area (Å²) in [6, 6.07) is 8.54. The van der Waals surface area contributed by atoms with E-state index in [2.05, 4.69) is 9.97 Å². The molecule has 0 unspecified atom stereocenters. The third kappa shape index (κ3) is 3.83. The normalized spacial score (nSPS) is 10.5. The highest BCUT2D eigenvalue weighted by Gasteiger charge is 2.12. The van der Waals surface area contributed by atoms with Crippen molar-refractivity contribution < 1.29 is 24.1 Å². The van der Waals surface area contributed by atoms with Crippen LogP contribution in [0.1, 0.15) is 12.5 Å². The second kappa shape index (κ2) is 7.69. The summed E-state index contributed by atoms with van der Waals surface area (Å²) >= 11 is 0. The number of pyridine rings is 2. The number of aromatic nitrogens is 2. The topological polar surface area (TPSA) is 90.8 Å². The molecule has 0 saturated carbocycles. The van der Waals surface area contributed by atoms with E-state index in [1.807, 2.05) is 6.92 Å². The molecule has 0 fully saturated rings. The highest BCUT2D eigenvalue weighted by molar-refractivity contribution is 5.81. The molecule has 0 aliphatic rings. The maximum atomic E-state index is 10.9. The van der Waals surface area contributed by atoms with Crippen LogP contribution in [-0.2, 0) is 11.2 Å². The molecule has 0 aliphatic heterocycles. The summed E-state index contributed by atoms with van der Waals surface area (Å²) in [6.07, 6.45) is 3.13. The molecule has 134 valence electrons. The van der Waals surface area contributed by atoms with Crippen molar-refractivity contribution in [2.75, 3.05) is 13.7 Å². The Hall–Kier alpha value is -3.35. The molecule has 2 aromatic heterocycles. The first-order valence-electron chi connectivity index (χ1n) is 8.05. The number of hydrogen-bond acceptors (Lipinski definition) is 6. The van der Waals surface area contributed by atoms with Gasteiger partial charge in [0, 0.05) is 30.0 Å². The number of hydrogen-bond donors (Lipinski definition) is 1. The number of benzene rings is 1. The van der Waals surface area contributed by atoms with Gasteiger partial charge >= 0.3 is 5.97 Å². The van der Waals surface area contributed by atoms with E-state index in [0.717, 1.165) is 0 Å². The zero-order chi connectivity index (χ0) is 18.5. The van der Waals surface area contributed by atoms with Crippen LogP contribution in [-0.4, -0.2) is 34.8 Å². The van der Waals surface area contributed by atoms with Crippen LogP contribution in [0.2, 0.25) is 0 Å². The number of ether oxygens (including phenoxy) is 3. The van der Waals surface area contributed by atoms with Gasteiger partial charge < -0.3 is 19.3 Å². The predicted octanol–water partition coefficient (Wildman–Crippen LogP) is 3.46. The maximum absolute atomic E-state index is 10.9. The Morgan fingerprint density at radius 1 is 1.12 bits per heavy atom. The minimum Gasteiger partial charge on any atom is -0.496 e. The van der Waals surface area contributed by atoms with Gasteiger partial charge in [0.15, 0.2) is 5.75 Å². The molecule has 1 aromatic carbocycles. The van der Waals surface area contributed by atoms with E-state index in [0.29, 0.717) is 46.2 Å². The van der Waals surface area contributed by atoms with Gasteiger partial charge in [-0.1, -0.05) is 6.07 Å². The molecule has 26 heavy (non-hydrogen) atoms. The van der Waals surface area contributed by atoms with E-state index in [4.69, 9.17) is 19.3 Å². The van der Waals surface area contributed by atoms with Crippen LogP contribution >= 0.6 is 0 Å². The van der Waals surface area contributed by atoms with Crippen molar-refractivity contribution in [3.63, 3.8) is 0 Å². The molecule has 0 spiro atoms. The second-order valence-corrected chi connectivity index (χ2v) is 5.43. The first-order chi connectivity index (χ1) is 12.6. The first kappa shape index (κ1) is 17.5. The van der Waals surface area contributed by atoms with Crippen molar-refractivity contribution in [1.82, 2.24) is 9.97 Å². The molecule has 1 N–H and O–H groups in total. The number of fused-ring (bicyclic) bond motifs is 1. The van der Waals surface area contributed by atoms with Crippen LogP contribution in [0.15, 0.2) is 42.7 Å². The molecule has 7 nitrogen and oxygen atoms in total. The van der Waals surface area contributed by atoms with Crippen LogP contribution in [0, 0.1) is 0 Å². The zero-order valence-electron chi connectivity index (χ0n) is 14.4. The molecule has 2 heterocycles. The van der Waals surface area contributed by atoms with Gasteiger partial charge in [-0.05, 0) is 13.0 Å². The molecule has 0 bridgehead atoms. The van der Waals surface area contributed by atoms with Gasteiger partial charge in [0.05, 0.1) is 31.9 Å². The van der Waals surface area contributed by atoms with Crippen LogP contribution in [0.4, 0.5) is 0 Å². The molecular weight excluding hydrogens is 336 g/mol. The van der Waals surface area contributed by atoms with Crippen molar-refractivity contribution in [3.05, 3.63) is 48.3 Å². The third-order valence-electron chi connectivity index (χ3n) is 3.65. The summed E-state index contributed by atoms with van der Waals surface area (Å²) in [4.78, 5) is 19.6. The summed E-state index contributed by atoms with van der Waals surface area (Å²) in [7, 11) is 1.49. The largest absolute Gasteiger partial charge is 0.496 e. The van der Waals surface area contributed by atoms with Gasteiger partial charge in [-0.15, -0.1) is 0 Å². The SMILES string of the molecule is CCOc1cnc2c(Oc3ccc(CC(=O)O)c(OC)c3)ccnc2c1. The Morgan fingerprint density at radius 3 is 2.69 bits per heavy atom. The summed E-state index contributed by atoms with van der Waals surface area (Å²) in [5.74, 6) is 1.22. The molecule has 0 amide bonds. The number of carbonyl (C=O) groups is 1. The molecular formula is C19H18N2O5. The van der Waals surface area contributed by atoms with Crippen molar-refractivity contribution in [2.45, 2.75) is 13.3 Å². The minimum absolute atomic E-state index is 0.122. The predicted molar refractivity (Wildman–Crippen MR) is 95.1 cm³/mol. The molecule has 3 rings (SSSR count). The van der Waals surface area contributed by atoms with Crippen LogP contribution in [0.25, 0.3) is 11.0 Å². The fraction of sp³-hybridized carbons (Fsp3) is 0.211. The standard InChI is InChI=1S/C19H18N2O5/c1-3-25-14-9-15-19(21-11-14)16(6-7-20-15)26-13-5-4-12(8-18(22)23)17(10-13)24-2/h4-7,9-11H,3,8H2,1-2H3,(H,22,23). The second-order valence-electron chi connectivity index (χ2n) is 5.43. The average Bonchev–Trinajstić information content (AvgIpc) is 2.63. The van der Waals surface area contributed by atoms with Gasteiger partial charge in [0.25, 0.3) is 0 Å². The number of rotatable bonds is 7. The lowest BCUT2D eigenvalue weighted by Crippen LogP contribution is -2.02. The number of nitrogens with zero attached hydrogens (tertiary/aromatic N) is 2. The molecule has 3 aromatic rings. The average molecular weight is 354 g/mol. The fourth-order valence-electron chi connectivity index (χ4n) is 2.54. The Labute approximate surface area is 150 Å². The van der Waals surface area contributed by atoms with Crippen LogP contribution in [0.5, 0.6) is 23.0 Å². The number of carboxylic acid groups (broad SMARTS) is 1. The Morgan fingerprint density at radius 2 is 1.96 bits per heavy atom. The quantitative estimate of drug-likeness (QED) is 0.695. The Balaban J connectivity index is 1.92. The van der Waals surface area contributed by atoms with Crippen molar-refractivity contribution >= 4 is 17.0 Å². The molecule has 0 radical (unpaired) electrons. The van der Waals surface area contributed by atoms with E-state index in [9.17, 15) is 4.79 Å². The maximum Gasteiger partial charge on any atom is 0.307 e. The Kier molecular flexibility index (Phi) is 5.17. The first-order valence-corrected chi connectivity index (χ1v) is 8.05. The smallest absolute Gasteiger partial charge is 0.307 e. The van der Waals surface area contributed by atoms with Gasteiger partial charge in [0.1, 0.15) is 22.8 Å². The van der Waals surface area contributed by atoms with Crippen LogP contribution in [0.3, 0.4) is 0 Å². The summed E-state index contributed by atoms with van der Waals surface area (Å²) < 4.78 is 16.6. The summed E-state index contributed by atoms with van der Waals surface area (Å²) in [5.41, 5.74) is 1.83. The molecule has 7 heteroatoms. The third-order valence-corrected chi connectivity index (χ3v) is 3.65. The van der Waals surface area contributed by atoms with E-state index in [1.165, 1.54) is 7.11 Å². The van der Waals surface area contributed by atoms with Crippen molar-refractivity contribution in [1.29, 1.82) is 0 Å². The molecule has 0 saturated heterocycles. The summed E-state index contributed by atoms with van der Waals surface area (Å²) in [5, 5.41) is 8.96. The van der Waals surface area contributed by atoms with Crippen LogP contribution < -0.4 is 14.2 Å². The zero-order valence-corrected chi connectivity index (χ0v) is 14.4. The van der Waals surface area contributed by atoms with E-state index >= 15 is 0 Å². The van der Waals surface area contributed by atoms with Gasteiger partial charge in [-0.2, -0.15) is 0 Å². The number of aliphatic carboxylic acids is 1. The Bertz CT molecular complexity index is 942. The van der Waals surface area contributed by atoms with Gasteiger partial charge in [-0.25, -0.2) is 4.98 Å². The van der Waals surface area contributed by atoms with E-state index in [-0.39, 0.29) is 6.42 Å². The monoisotopic (exact) mass is 354 g/mol.